The minimum absolute atomic E-state index is 0.0312. The number of hydrogen-bond acceptors (Lipinski definition) is 9. The summed E-state index contributed by atoms with van der Waals surface area (Å²) in [5.41, 5.74) is 7.99. The second-order valence-corrected chi connectivity index (χ2v) is 13.4. The zero-order valence-corrected chi connectivity index (χ0v) is 32.4. The number of nitrogens with zero attached hydrogens (tertiary/aromatic N) is 4. The lowest BCUT2D eigenvalue weighted by Gasteiger charge is -2.23. The number of nitrogens with one attached hydrogen (secondary N) is 1. The molecule has 0 bridgehead atoms. The summed E-state index contributed by atoms with van der Waals surface area (Å²) in [4.78, 5) is 26.1. The second-order valence-electron chi connectivity index (χ2n) is 11.7. The molecule has 0 spiro atoms. The van der Waals surface area contributed by atoms with Gasteiger partial charge in [0.05, 0.1) is 23.5 Å². The first kappa shape index (κ1) is 42.0. The van der Waals surface area contributed by atoms with Gasteiger partial charge in [0.15, 0.2) is 6.29 Å². The molecule has 4 heterocycles. The highest BCUT2D eigenvalue weighted by molar-refractivity contribution is 6.36. The van der Waals surface area contributed by atoms with Crippen LogP contribution in [0.4, 0.5) is 20.4 Å². The Kier molecular flexibility index (Phi) is 14.9. The molecule has 0 amide bonds. The second kappa shape index (κ2) is 20.2. The Morgan fingerprint density at radius 3 is 1.81 bits per heavy atom. The van der Waals surface area contributed by atoms with E-state index in [0.29, 0.717) is 65.7 Å². The van der Waals surface area contributed by atoms with Gasteiger partial charge in [0.2, 0.25) is 0 Å². The number of aromatic hydroxyl groups is 2. The highest BCUT2D eigenvalue weighted by Crippen LogP contribution is 2.39. The van der Waals surface area contributed by atoms with E-state index < -0.39 is 11.9 Å². The number of hydrogen-bond donors (Lipinski definition) is 4. The van der Waals surface area contributed by atoms with Crippen LogP contribution in [0.1, 0.15) is 27.5 Å². The number of phenolic OH excluding ortho intramolecular Hbond substituents is 2. The molecule has 8 rings (SSSR count). The molecule has 0 saturated heterocycles. The van der Waals surface area contributed by atoms with E-state index in [1.54, 1.807) is 67.0 Å². The average molecular weight is 847 g/mol. The van der Waals surface area contributed by atoms with E-state index in [1.807, 2.05) is 30.3 Å². The SMILES string of the molecule is Nc1ccc(F)cn1.O=Cc1ccc(Cl)cc1Cl.Oc1c(C(Nc2ccc(F)cn2)c2ccc(Cl)cc2Cl)ccc2cccnc12.Oc1cccc2cccnc12. The van der Waals surface area contributed by atoms with Gasteiger partial charge >= 0.3 is 0 Å². The fraction of sp³-hybridized carbons (Fsp3) is 0.0238. The molecule has 15 heteroatoms. The van der Waals surface area contributed by atoms with E-state index in [1.165, 1.54) is 30.3 Å². The number of carbonyl (C=O) groups excluding carboxylic acids is 1. The number of aldehydes is 1. The summed E-state index contributed by atoms with van der Waals surface area (Å²) < 4.78 is 25.2. The first-order chi connectivity index (χ1) is 27.4. The van der Waals surface area contributed by atoms with Crippen LogP contribution in [-0.4, -0.2) is 36.4 Å². The lowest BCUT2D eigenvalue weighted by Crippen LogP contribution is -2.14. The summed E-state index contributed by atoms with van der Waals surface area (Å²) in [5.74, 6) is 0.236. The first-order valence-corrected chi connectivity index (χ1v) is 18.1. The van der Waals surface area contributed by atoms with Gasteiger partial charge in [-0.1, -0.05) is 88.9 Å². The van der Waals surface area contributed by atoms with Crippen molar-refractivity contribution < 1.29 is 23.8 Å². The standard InChI is InChI=1S/C21H14Cl2FN3O.C9H7NO.C7H4Cl2O.C5H5FN2/c22-13-4-7-15(17(23)10-13)20(27-18-8-5-14(24)11-26-18)16-6-3-12-2-1-9-25-19(12)21(16)28;11-8-5-1-3-7-4-2-6-10-9(7)8;8-6-2-1-5(4-10)7(9)3-6;6-4-1-2-5(7)8-3-4/h1-11,20,28H,(H,26,27);1-6,11H;1-4H;1-3H,(H2,7,8). The largest absolute Gasteiger partial charge is 0.506 e. The van der Waals surface area contributed by atoms with Crippen molar-refractivity contribution >= 4 is 86.1 Å². The lowest BCUT2D eigenvalue weighted by atomic mass is 9.96. The Morgan fingerprint density at radius 2 is 1.23 bits per heavy atom. The normalized spacial score (nSPS) is 10.8. The topological polar surface area (TPSA) is 147 Å². The van der Waals surface area contributed by atoms with Gasteiger partial charge in [0.25, 0.3) is 0 Å². The third-order valence-corrected chi connectivity index (χ3v) is 8.96. The first-order valence-electron chi connectivity index (χ1n) is 16.6. The fourth-order valence-corrected chi connectivity index (χ4v) is 6.09. The third kappa shape index (κ3) is 11.7. The van der Waals surface area contributed by atoms with Gasteiger partial charge in [0, 0.05) is 49.4 Å². The summed E-state index contributed by atoms with van der Waals surface area (Å²) in [6, 6.07) is 31.2. The van der Waals surface area contributed by atoms with Crippen LogP contribution in [0.3, 0.4) is 0 Å². The Hall–Kier alpha value is -6.11. The van der Waals surface area contributed by atoms with Crippen LogP contribution in [-0.2, 0) is 0 Å². The molecule has 4 aromatic heterocycles. The fourth-order valence-electron chi connectivity index (χ4n) is 5.12. The van der Waals surface area contributed by atoms with Crippen LogP contribution >= 0.6 is 46.4 Å². The minimum Gasteiger partial charge on any atom is -0.506 e. The van der Waals surface area contributed by atoms with Crippen molar-refractivity contribution in [1.82, 2.24) is 19.9 Å². The molecule has 0 saturated carbocycles. The number of nitrogen functional groups attached to an aromatic ring is 1. The summed E-state index contributed by atoms with van der Waals surface area (Å²) >= 11 is 23.7. The Bertz CT molecular complexity index is 2580. The van der Waals surface area contributed by atoms with Gasteiger partial charge in [0.1, 0.15) is 45.8 Å². The number of carbonyl (C=O) groups is 1. The average Bonchev–Trinajstić information content (AvgIpc) is 3.21. The number of phenols is 2. The number of fused-ring (bicyclic) bond motifs is 2. The van der Waals surface area contributed by atoms with Crippen LogP contribution in [0.15, 0.2) is 140 Å². The predicted octanol–water partition coefficient (Wildman–Crippen LogP) is 11.5. The van der Waals surface area contributed by atoms with Crippen LogP contribution in [0.5, 0.6) is 11.5 Å². The molecule has 9 nitrogen and oxygen atoms in total. The maximum atomic E-state index is 13.2. The molecule has 288 valence electrons. The van der Waals surface area contributed by atoms with Crippen molar-refractivity contribution in [3.63, 3.8) is 0 Å². The zero-order chi connectivity index (χ0) is 40.9. The Morgan fingerprint density at radius 1 is 0.632 bits per heavy atom. The maximum absolute atomic E-state index is 13.2. The van der Waals surface area contributed by atoms with Crippen molar-refractivity contribution in [3.05, 3.63) is 188 Å². The van der Waals surface area contributed by atoms with Gasteiger partial charge in [-0.15, -0.1) is 0 Å². The molecule has 0 aliphatic rings. The number of halogens is 6. The molecule has 0 aliphatic heterocycles. The lowest BCUT2D eigenvalue weighted by molar-refractivity contribution is 0.112. The molecule has 1 atom stereocenters. The monoisotopic (exact) mass is 844 g/mol. The number of para-hydroxylation sites is 1. The van der Waals surface area contributed by atoms with E-state index in [0.717, 1.165) is 23.2 Å². The van der Waals surface area contributed by atoms with E-state index in [-0.39, 0.29) is 17.3 Å². The summed E-state index contributed by atoms with van der Waals surface area (Å²) in [6.07, 6.45) is 6.17. The molecule has 0 radical (unpaired) electrons. The predicted molar refractivity (Wildman–Crippen MR) is 223 cm³/mol. The third-order valence-electron chi connectivity index (χ3n) is 7.83. The molecule has 1 unspecified atom stereocenters. The summed E-state index contributed by atoms with van der Waals surface area (Å²) in [7, 11) is 0. The van der Waals surface area contributed by atoms with Crippen molar-refractivity contribution in [2.45, 2.75) is 6.04 Å². The zero-order valence-electron chi connectivity index (χ0n) is 29.4. The van der Waals surface area contributed by atoms with Crippen molar-refractivity contribution in [2.75, 3.05) is 11.1 Å². The van der Waals surface area contributed by atoms with E-state index in [2.05, 4.69) is 25.3 Å². The minimum atomic E-state index is -0.561. The highest BCUT2D eigenvalue weighted by atomic mass is 35.5. The molecular weight excluding hydrogens is 816 g/mol. The van der Waals surface area contributed by atoms with Crippen molar-refractivity contribution in [1.29, 1.82) is 0 Å². The van der Waals surface area contributed by atoms with Crippen molar-refractivity contribution in [2.24, 2.45) is 0 Å². The van der Waals surface area contributed by atoms with Crippen molar-refractivity contribution in [3.8, 4) is 11.5 Å². The molecule has 4 aromatic carbocycles. The van der Waals surface area contributed by atoms with Gasteiger partial charge in [-0.25, -0.2) is 18.7 Å². The summed E-state index contributed by atoms with van der Waals surface area (Å²) in [6.45, 7) is 0. The molecule has 57 heavy (non-hydrogen) atoms. The molecule has 0 fully saturated rings. The molecule has 8 aromatic rings. The number of anilines is 2. The quantitative estimate of drug-likeness (QED) is 0.124. The van der Waals surface area contributed by atoms with Gasteiger partial charge in [-0.3, -0.25) is 14.8 Å². The number of rotatable bonds is 5. The number of nitrogens with two attached hydrogens (primary N) is 1. The highest BCUT2D eigenvalue weighted by Gasteiger charge is 2.23. The van der Waals surface area contributed by atoms with Gasteiger partial charge < -0.3 is 21.3 Å². The van der Waals surface area contributed by atoms with E-state index >= 15 is 0 Å². The van der Waals surface area contributed by atoms with Crippen LogP contribution < -0.4 is 11.1 Å². The maximum Gasteiger partial charge on any atom is 0.151 e. The van der Waals surface area contributed by atoms with Crippen LogP contribution in [0.25, 0.3) is 21.8 Å². The van der Waals surface area contributed by atoms with Crippen LogP contribution in [0, 0.1) is 11.6 Å². The summed E-state index contributed by atoms with van der Waals surface area (Å²) in [5, 5.41) is 27.0. The molecule has 0 aliphatic carbocycles. The Labute approximate surface area is 345 Å². The van der Waals surface area contributed by atoms with Gasteiger partial charge in [-0.05, 0) is 78.4 Å². The van der Waals surface area contributed by atoms with E-state index in [4.69, 9.17) is 52.1 Å². The number of pyridine rings is 4. The number of aromatic nitrogens is 4. The smallest absolute Gasteiger partial charge is 0.151 e. The van der Waals surface area contributed by atoms with Gasteiger partial charge in [-0.2, -0.15) is 0 Å². The Balaban J connectivity index is 0.000000173. The molecular formula is C42H30Cl4F2N6O3. The van der Waals surface area contributed by atoms with Crippen LogP contribution in [0.2, 0.25) is 20.1 Å². The molecule has 5 N–H and O–H groups in total. The van der Waals surface area contributed by atoms with E-state index in [9.17, 15) is 23.8 Å². The number of benzene rings is 4.